The summed E-state index contributed by atoms with van der Waals surface area (Å²) < 4.78 is 0. The quantitative estimate of drug-likeness (QED) is 0.0947. The SMILES string of the molecule is Cc1cc(C)c(B(c2ccc(-c3c4nc(c(-c5ccc(B(c6c(C)cc(C)cc6C)c6c(C)cc(C)cc6C)cc5)c5ccc([nH]5)c(-c5ccc(B(c6c(C)cc(C)cc6C)c6c(C)cc(C)cc6C)cc5)c5nc(c(-c6ccc(B(c7c(C)cc(C)cc7C)c7c(C)cc(C)cc7C)cc6)c6ccc3[nH]6)C=C5)C=C4)cc2)c2c(C)cc(C)cc2C)c(C)c1. The molecule has 0 amide bonds. The van der Waals surface area contributed by atoms with Crippen LogP contribution in [-0.4, -0.2) is 46.8 Å². The van der Waals surface area contributed by atoms with Crippen LogP contribution in [0.4, 0.5) is 0 Å². The van der Waals surface area contributed by atoms with E-state index in [1.807, 2.05) is 0 Å². The summed E-state index contributed by atoms with van der Waals surface area (Å²) in [5.41, 5.74) is 62.3. The fraction of sp³-hybridized carbons (Fsp3) is 0.207. The number of aromatic amines is 2. The zero-order valence-corrected chi connectivity index (χ0v) is 77.3. The lowest BCUT2D eigenvalue weighted by molar-refractivity contribution is 1.31. The fourth-order valence-corrected chi connectivity index (χ4v) is 22.9. The van der Waals surface area contributed by atoms with Crippen molar-refractivity contribution in [2.24, 2.45) is 0 Å². The molecule has 0 spiro atoms. The number of hydrogen-bond donors (Lipinski definition) is 2. The van der Waals surface area contributed by atoms with Crippen LogP contribution >= 0.6 is 0 Å². The highest BCUT2D eigenvalue weighted by Crippen LogP contribution is 2.40. The highest BCUT2D eigenvalue weighted by molar-refractivity contribution is 6.98. The molecule has 0 saturated carbocycles. The molecule has 2 aliphatic heterocycles. The maximum Gasteiger partial charge on any atom is 0.242 e. The molecule has 8 heteroatoms. The fourth-order valence-electron chi connectivity index (χ4n) is 22.9. The van der Waals surface area contributed by atoms with Crippen LogP contribution in [0, 0.1) is 166 Å². The van der Waals surface area contributed by atoms with Crippen molar-refractivity contribution in [3.05, 3.63) is 375 Å². The first kappa shape index (κ1) is 83.7. The van der Waals surface area contributed by atoms with Crippen molar-refractivity contribution in [1.82, 2.24) is 19.9 Å². The van der Waals surface area contributed by atoms with Gasteiger partial charge in [0.1, 0.15) is 0 Å². The Morgan fingerprint density at radius 2 is 0.298 bits per heavy atom. The van der Waals surface area contributed by atoms with E-state index in [0.717, 1.165) is 89.4 Å². The van der Waals surface area contributed by atoms with Crippen molar-refractivity contribution in [3.8, 4) is 44.5 Å². The lowest BCUT2D eigenvalue weighted by Gasteiger charge is -2.25. The molecule has 4 nitrogen and oxygen atoms in total. The first-order valence-electron chi connectivity index (χ1n) is 44.5. The zero-order valence-electron chi connectivity index (χ0n) is 77.3. The van der Waals surface area contributed by atoms with E-state index in [9.17, 15) is 0 Å². The maximum atomic E-state index is 6.00. The molecule has 0 aliphatic carbocycles. The number of fused-ring (bicyclic) bond motifs is 8. The second-order valence-electron chi connectivity index (χ2n) is 37.2. The molecule has 17 rings (SSSR count). The topological polar surface area (TPSA) is 57.4 Å². The molecule has 0 fully saturated rings. The second kappa shape index (κ2) is 33.3. The van der Waals surface area contributed by atoms with Gasteiger partial charge in [-0.25, -0.2) is 9.97 Å². The van der Waals surface area contributed by atoms with Crippen molar-refractivity contribution in [1.29, 1.82) is 0 Å². The van der Waals surface area contributed by atoms with Gasteiger partial charge in [0.25, 0.3) is 0 Å². The number of aryl methyl sites for hydroxylation is 24. The molecule has 2 N–H and O–H groups in total. The Morgan fingerprint density at radius 1 is 0.169 bits per heavy atom. The summed E-state index contributed by atoms with van der Waals surface area (Å²) in [7, 11) is 0. The van der Waals surface area contributed by atoms with Gasteiger partial charge < -0.3 is 9.97 Å². The molecule has 0 saturated heterocycles. The van der Waals surface area contributed by atoms with Gasteiger partial charge in [0.05, 0.1) is 22.8 Å². The van der Waals surface area contributed by atoms with Gasteiger partial charge in [0, 0.05) is 44.3 Å². The monoisotopic (exact) mass is 1610 g/mol. The largest absolute Gasteiger partial charge is 0.354 e. The predicted molar refractivity (Wildman–Crippen MR) is 544 cm³/mol. The number of benzene rings is 12. The number of hydrogen-bond acceptors (Lipinski definition) is 2. The molecule has 3 aromatic heterocycles. The normalized spacial score (nSPS) is 11.8. The van der Waals surface area contributed by atoms with Crippen molar-refractivity contribution in [3.63, 3.8) is 0 Å². The van der Waals surface area contributed by atoms with Crippen LogP contribution in [0.1, 0.15) is 156 Å². The van der Waals surface area contributed by atoms with Gasteiger partial charge >= 0.3 is 0 Å². The Kier molecular flexibility index (Phi) is 22.5. The first-order chi connectivity index (χ1) is 59.3. The Bertz CT molecular complexity index is 5870. The smallest absolute Gasteiger partial charge is 0.242 e. The third-order valence-electron chi connectivity index (χ3n) is 27.1. The van der Waals surface area contributed by atoms with Gasteiger partial charge in [-0.3, -0.25) is 0 Å². The Morgan fingerprint density at radius 3 is 0.427 bits per heavy atom. The van der Waals surface area contributed by atoms with E-state index in [0.29, 0.717) is 0 Å². The van der Waals surface area contributed by atoms with Gasteiger partial charge in [0.2, 0.25) is 26.9 Å². The lowest BCUT2D eigenvalue weighted by Crippen LogP contribution is -2.55. The second-order valence-corrected chi connectivity index (χ2v) is 37.2. The summed E-state index contributed by atoms with van der Waals surface area (Å²) in [6, 6.07) is 84.8. The van der Waals surface area contributed by atoms with Gasteiger partial charge in [0.15, 0.2) is 0 Å². The molecule has 124 heavy (non-hydrogen) atoms. The molecular weight excluding hydrogens is 1490 g/mol. The van der Waals surface area contributed by atoms with Crippen molar-refractivity contribution < 1.29 is 0 Å². The van der Waals surface area contributed by atoms with E-state index in [2.05, 4.69) is 419 Å². The van der Waals surface area contributed by atoms with Crippen LogP contribution in [0.3, 0.4) is 0 Å². The average Bonchev–Trinajstić information content (AvgIpc) is 1.34. The zero-order chi connectivity index (χ0) is 87.4. The molecule has 5 heterocycles. The number of aromatic nitrogens is 4. The molecule has 12 aromatic carbocycles. The van der Waals surface area contributed by atoms with Crippen LogP contribution < -0.4 is 65.6 Å². The Hall–Kier alpha value is -12.5. The van der Waals surface area contributed by atoms with Crippen LogP contribution in [0.2, 0.25) is 0 Å². The number of rotatable bonds is 16. The third-order valence-corrected chi connectivity index (χ3v) is 27.1. The summed E-state index contributed by atoms with van der Waals surface area (Å²) in [4.78, 5) is 20.4. The van der Waals surface area contributed by atoms with E-state index in [1.165, 1.54) is 199 Å². The summed E-state index contributed by atoms with van der Waals surface area (Å²) in [5, 5.41) is 0. The van der Waals surface area contributed by atoms with E-state index < -0.39 is 0 Å². The van der Waals surface area contributed by atoms with Crippen LogP contribution in [0.25, 0.3) is 90.9 Å². The van der Waals surface area contributed by atoms with Crippen molar-refractivity contribution >= 4 is 139 Å². The van der Waals surface area contributed by atoms with E-state index in [-0.39, 0.29) is 26.9 Å². The minimum Gasteiger partial charge on any atom is -0.354 e. The molecule has 15 aromatic rings. The number of nitrogens with zero attached hydrogens (tertiary/aromatic N) is 2. The van der Waals surface area contributed by atoms with E-state index in [1.54, 1.807) is 0 Å². The first-order valence-corrected chi connectivity index (χ1v) is 44.5. The minimum absolute atomic E-state index is 0.00652. The van der Waals surface area contributed by atoms with Gasteiger partial charge in [-0.1, -0.05) is 393 Å². The highest BCUT2D eigenvalue weighted by atomic mass is 14.8. The molecule has 2 aliphatic rings. The molecule has 0 atom stereocenters. The molecule has 8 bridgehead atoms. The van der Waals surface area contributed by atoms with Gasteiger partial charge in [-0.2, -0.15) is 0 Å². The molecule has 610 valence electrons. The van der Waals surface area contributed by atoms with Crippen LogP contribution in [0.5, 0.6) is 0 Å². The molecule has 0 unspecified atom stereocenters. The number of nitrogens with one attached hydrogen (secondary N) is 2. The Balaban J connectivity index is 0.943. The summed E-state index contributed by atoms with van der Waals surface area (Å²) in [6.07, 6.45) is 9.01. The highest BCUT2D eigenvalue weighted by Gasteiger charge is 2.35. The summed E-state index contributed by atoms with van der Waals surface area (Å²) in [6.45, 7) is 54.5. The minimum atomic E-state index is -0.00652. The van der Waals surface area contributed by atoms with E-state index >= 15 is 0 Å². The predicted octanol–water partition coefficient (Wildman–Crippen LogP) is 20.8. The summed E-state index contributed by atoms with van der Waals surface area (Å²) in [5.74, 6) is 0. The van der Waals surface area contributed by atoms with Crippen LogP contribution in [0.15, 0.2) is 218 Å². The third kappa shape index (κ3) is 15.6. The van der Waals surface area contributed by atoms with Gasteiger partial charge in [-0.15, -0.1) is 0 Å². The Labute approximate surface area is 739 Å². The van der Waals surface area contributed by atoms with Crippen molar-refractivity contribution in [2.75, 3.05) is 0 Å². The van der Waals surface area contributed by atoms with Gasteiger partial charge in [-0.05, 0) is 237 Å². The lowest BCUT2D eigenvalue weighted by atomic mass is 9.34. The van der Waals surface area contributed by atoms with Crippen molar-refractivity contribution in [2.45, 2.75) is 166 Å². The maximum absolute atomic E-state index is 6.00. The molecule has 0 radical (unpaired) electrons. The summed E-state index contributed by atoms with van der Waals surface area (Å²) >= 11 is 0. The van der Waals surface area contributed by atoms with E-state index in [4.69, 9.17) is 9.97 Å². The van der Waals surface area contributed by atoms with Crippen LogP contribution in [-0.2, 0) is 0 Å². The average molecular weight is 1610 g/mol. The standard InChI is InChI=1S/C116H114B4N4/c1-65-49-73(9)109(74(10)50-65)117(110-75(11)51-66(2)52-76(110)12)93-33-25-89(26-34-93)105-97-41-43-99(121-97)106(90-27-35-94(36-28-90)118(111-77(13)53-67(3)54-78(111)14)112-79(15)55-68(4)56-80(112)16)101-45-47-103(123-101)108(92-31-39-96(40-32-92)120(115-85(21)61-71(7)62-86(115)22)116-87(23)63-72(8)64-88(116)24)104-48-46-102(124-104)107(100-44-42-98(105)122-100)91-29-37-95(38-30-91)119(113-81(17)57-69(5)58-82(113)18)114-83(19)59-70(6)60-84(114)20/h25-64,121,124H,1-24H3. The number of H-pyrrole nitrogens is 2. The molecular formula is C116H114B4N4.